The van der Waals surface area contributed by atoms with E-state index in [4.69, 9.17) is 10.5 Å². The molecule has 3 aromatic rings. The number of nitrogens with one attached hydrogen (secondary N) is 1. The number of H-pyrrole nitrogens is 1. The number of para-hydroxylation sites is 1. The van der Waals surface area contributed by atoms with E-state index in [0.29, 0.717) is 12.1 Å². The largest absolute Gasteiger partial charge is 0.497 e. The number of nitrogens with zero attached hydrogens (tertiary/aromatic N) is 3. The van der Waals surface area contributed by atoms with Gasteiger partial charge in [0.25, 0.3) is 5.56 Å². The lowest BCUT2D eigenvalue weighted by Gasteiger charge is -2.40. The molecule has 1 aliphatic rings. The summed E-state index contributed by atoms with van der Waals surface area (Å²) in [6, 6.07) is 17.6. The Kier molecular flexibility index (Phi) is 7.07. The van der Waals surface area contributed by atoms with Gasteiger partial charge in [-0.25, -0.2) is 4.79 Å². The van der Waals surface area contributed by atoms with Gasteiger partial charge < -0.3 is 15.4 Å². The maximum Gasteiger partial charge on any atom is 0.329 e. The van der Waals surface area contributed by atoms with Crippen LogP contribution in [-0.2, 0) is 6.54 Å². The fourth-order valence-electron chi connectivity index (χ4n) is 4.64. The number of nitrogen functional groups attached to an aromatic ring is 1. The number of aromatic amines is 1. The molecule has 1 fully saturated rings. The molecule has 1 saturated heterocycles. The second-order valence-electron chi connectivity index (χ2n) is 9.10. The molecule has 34 heavy (non-hydrogen) atoms. The molecule has 3 N–H and O–H groups in total. The molecule has 180 valence electrons. The van der Waals surface area contributed by atoms with Gasteiger partial charge in [-0.05, 0) is 35.7 Å². The van der Waals surface area contributed by atoms with Crippen LogP contribution in [0.25, 0.3) is 0 Å². The zero-order valence-electron chi connectivity index (χ0n) is 20.0. The van der Waals surface area contributed by atoms with E-state index in [0.717, 1.165) is 37.5 Å². The zero-order valence-corrected chi connectivity index (χ0v) is 20.0. The lowest BCUT2D eigenvalue weighted by molar-refractivity contribution is 0.211. The van der Waals surface area contributed by atoms with Crippen molar-refractivity contribution in [1.82, 2.24) is 14.5 Å². The number of anilines is 2. The average molecular weight is 464 g/mol. The van der Waals surface area contributed by atoms with Crippen molar-refractivity contribution in [2.45, 2.75) is 26.4 Å². The fraction of sp³-hybridized carbons (Fsp3) is 0.385. The van der Waals surface area contributed by atoms with Gasteiger partial charge in [0.1, 0.15) is 11.6 Å². The predicted octanol–water partition coefficient (Wildman–Crippen LogP) is 2.70. The fourth-order valence-corrected chi connectivity index (χ4v) is 4.64. The van der Waals surface area contributed by atoms with E-state index in [1.807, 2.05) is 56.3 Å². The van der Waals surface area contributed by atoms with Crippen LogP contribution in [0.1, 0.15) is 31.0 Å². The van der Waals surface area contributed by atoms with Crippen LogP contribution in [0.3, 0.4) is 0 Å². The second kappa shape index (κ2) is 10.2. The van der Waals surface area contributed by atoms with Crippen molar-refractivity contribution in [2.24, 2.45) is 5.92 Å². The van der Waals surface area contributed by atoms with Crippen LogP contribution in [0.15, 0.2) is 64.2 Å². The van der Waals surface area contributed by atoms with Crippen molar-refractivity contribution < 1.29 is 4.74 Å². The summed E-state index contributed by atoms with van der Waals surface area (Å²) >= 11 is 0. The van der Waals surface area contributed by atoms with Crippen molar-refractivity contribution in [3.63, 3.8) is 0 Å². The number of nitrogens with two attached hydrogens (primary N) is 1. The number of ether oxygens (including phenoxy) is 1. The zero-order chi connectivity index (χ0) is 24.2. The first-order chi connectivity index (χ1) is 16.4. The van der Waals surface area contributed by atoms with Crippen LogP contribution in [-0.4, -0.2) is 47.7 Å². The lowest BCUT2D eigenvalue weighted by Crippen LogP contribution is -2.49. The van der Waals surface area contributed by atoms with E-state index < -0.39 is 11.2 Å². The summed E-state index contributed by atoms with van der Waals surface area (Å²) in [6.07, 6.45) is 0. The van der Waals surface area contributed by atoms with Crippen LogP contribution < -0.4 is 26.6 Å². The first kappa shape index (κ1) is 23.6. The van der Waals surface area contributed by atoms with E-state index in [-0.39, 0.29) is 17.8 Å². The third-order valence-electron chi connectivity index (χ3n) is 6.33. The van der Waals surface area contributed by atoms with Gasteiger partial charge in [-0.1, -0.05) is 44.2 Å². The van der Waals surface area contributed by atoms with E-state index in [2.05, 4.69) is 26.9 Å². The predicted molar refractivity (Wildman–Crippen MR) is 136 cm³/mol. The molecule has 8 heteroatoms. The minimum Gasteiger partial charge on any atom is -0.497 e. The summed E-state index contributed by atoms with van der Waals surface area (Å²) in [5, 5.41) is 0. The first-order valence-electron chi connectivity index (χ1n) is 11.7. The van der Waals surface area contributed by atoms with E-state index in [1.54, 1.807) is 7.11 Å². The molecule has 2 aromatic carbocycles. The highest BCUT2D eigenvalue weighted by atomic mass is 16.5. The number of hydrogen-bond donors (Lipinski definition) is 2. The Morgan fingerprint density at radius 1 is 0.971 bits per heavy atom. The molecule has 8 nitrogen and oxygen atoms in total. The van der Waals surface area contributed by atoms with Crippen molar-refractivity contribution in [1.29, 1.82) is 0 Å². The highest BCUT2D eigenvalue weighted by Crippen LogP contribution is 2.32. The van der Waals surface area contributed by atoms with Crippen molar-refractivity contribution >= 4 is 11.5 Å². The van der Waals surface area contributed by atoms with Gasteiger partial charge in [0, 0.05) is 38.4 Å². The van der Waals surface area contributed by atoms with Crippen molar-refractivity contribution in [2.75, 3.05) is 43.9 Å². The van der Waals surface area contributed by atoms with Gasteiger partial charge in [-0.2, -0.15) is 0 Å². The number of hydrogen-bond acceptors (Lipinski definition) is 6. The molecular formula is C26H33N5O3. The lowest BCUT2D eigenvalue weighted by atomic mass is 9.97. The Hall–Kier alpha value is -3.52. The van der Waals surface area contributed by atoms with E-state index in [1.165, 1.54) is 10.3 Å². The Bertz CT molecular complexity index is 1210. The molecule has 0 aliphatic carbocycles. The molecule has 0 spiro atoms. The number of piperazine rings is 1. The van der Waals surface area contributed by atoms with Gasteiger partial charge in [-0.3, -0.25) is 19.2 Å². The topological polar surface area (TPSA) is 96.6 Å². The third kappa shape index (κ3) is 4.87. The van der Waals surface area contributed by atoms with Crippen LogP contribution in [0, 0.1) is 5.92 Å². The SMILES string of the molecule is COc1ccc([C@H](c2c(N)n(CC(C)C)c(=O)[nH]c2=O)N2CCN(c3ccccc3)CC2)cc1. The summed E-state index contributed by atoms with van der Waals surface area (Å²) in [4.78, 5) is 32.8. The highest BCUT2D eigenvalue weighted by molar-refractivity contribution is 5.48. The Morgan fingerprint density at radius 3 is 2.21 bits per heavy atom. The second-order valence-corrected chi connectivity index (χ2v) is 9.10. The Labute approximate surface area is 199 Å². The molecule has 0 radical (unpaired) electrons. The van der Waals surface area contributed by atoms with Gasteiger partial charge in [-0.15, -0.1) is 0 Å². The Morgan fingerprint density at radius 2 is 1.62 bits per heavy atom. The minimum absolute atomic E-state index is 0.201. The number of benzene rings is 2. The normalized spacial score (nSPS) is 15.5. The van der Waals surface area contributed by atoms with Crippen molar-refractivity contribution in [3.8, 4) is 5.75 Å². The summed E-state index contributed by atoms with van der Waals surface area (Å²) in [7, 11) is 1.62. The number of aromatic nitrogens is 2. The number of methoxy groups -OCH3 is 1. The third-order valence-corrected chi connectivity index (χ3v) is 6.33. The van der Waals surface area contributed by atoms with Crippen LogP contribution in [0.4, 0.5) is 11.5 Å². The molecule has 0 bridgehead atoms. The molecular weight excluding hydrogens is 430 g/mol. The molecule has 1 atom stereocenters. The first-order valence-corrected chi connectivity index (χ1v) is 11.7. The number of rotatable bonds is 7. The summed E-state index contributed by atoms with van der Waals surface area (Å²) in [6.45, 7) is 7.59. The highest BCUT2D eigenvalue weighted by Gasteiger charge is 2.31. The average Bonchev–Trinajstić information content (AvgIpc) is 2.85. The van der Waals surface area contributed by atoms with Crippen LogP contribution >= 0.6 is 0 Å². The van der Waals surface area contributed by atoms with E-state index in [9.17, 15) is 9.59 Å². The van der Waals surface area contributed by atoms with E-state index >= 15 is 0 Å². The van der Waals surface area contributed by atoms with Gasteiger partial charge in [0.15, 0.2) is 0 Å². The van der Waals surface area contributed by atoms with Gasteiger partial charge in [0.2, 0.25) is 0 Å². The van der Waals surface area contributed by atoms with Crippen molar-refractivity contribution in [3.05, 3.63) is 86.6 Å². The minimum atomic E-state index is -0.470. The molecule has 2 heterocycles. The smallest absolute Gasteiger partial charge is 0.329 e. The van der Waals surface area contributed by atoms with Crippen LogP contribution in [0.5, 0.6) is 5.75 Å². The molecule has 0 amide bonds. The quantitative estimate of drug-likeness (QED) is 0.559. The summed E-state index contributed by atoms with van der Waals surface area (Å²) in [5.41, 5.74) is 8.16. The molecule has 0 saturated carbocycles. The van der Waals surface area contributed by atoms with Crippen LogP contribution in [0.2, 0.25) is 0 Å². The Balaban J connectivity index is 1.74. The summed E-state index contributed by atoms with van der Waals surface area (Å²) in [5.74, 6) is 1.17. The summed E-state index contributed by atoms with van der Waals surface area (Å²) < 4.78 is 6.82. The standard InChI is InChI=1S/C26H33N5O3/c1-18(2)17-31-24(27)22(25(32)28-26(31)33)23(19-9-11-21(34-3)12-10-19)30-15-13-29(14-16-30)20-7-5-4-6-8-20/h4-12,18,23H,13-17,27H2,1-3H3,(H,28,32,33)/t23-/m1/s1. The van der Waals surface area contributed by atoms with Gasteiger partial charge in [0.05, 0.1) is 18.7 Å². The molecule has 1 aliphatic heterocycles. The molecule has 1 aromatic heterocycles. The maximum absolute atomic E-state index is 13.2. The molecule has 4 rings (SSSR count). The van der Waals surface area contributed by atoms with Gasteiger partial charge >= 0.3 is 5.69 Å². The monoisotopic (exact) mass is 463 g/mol. The maximum atomic E-state index is 13.2. The molecule has 0 unspecified atom stereocenters.